The van der Waals surface area contributed by atoms with Gasteiger partial charge in [0, 0.05) is 28.2 Å². The van der Waals surface area contributed by atoms with Gasteiger partial charge in [-0.1, -0.05) is 134 Å². The van der Waals surface area contributed by atoms with Crippen molar-refractivity contribution in [2.24, 2.45) is 0 Å². The molecule has 5 rings (SSSR count). The molecule has 2 atom stereocenters. The minimum atomic E-state index is -0.617. The highest BCUT2D eigenvalue weighted by molar-refractivity contribution is 7.71. The Morgan fingerprint density at radius 3 is 0.941 bits per heavy atom. The minimum absolute atomic E-state index is 0.442. The largest absolute Gasteiger partial charge is 0.284 e. The van der Waals surface area contributed by atoms with Gasteiger partial charge < -0.3 is 0 Å². The molecule has 172 valence electrons. The number of benzene rings is 4. The van der Waals surface area contributed by atoms with Gasteiger partial charge in [-0.05, 0) is 34.1 Å². The predicted octanol–water partition coefficient (Wildman–Crippen LogP) is 5.57. The average Bonchev–Trinajstić information content (AvgIpc) is 2.93. The van der Waals surface area contributed by atoms with Gasteiger partial charge in [-0.25, -0.2) is 0 Å². The zero-order valence-corrected chi connectivity index (χ0v) is 21.2. The first-order valence-corrected chi connectivity index (χ1v) is 14.9. The zero-order chi connectivity index (χ0) is 23.0. The molecule has 0 aromatic heterocycles. The van der Waals surface area contributed by atoms with Crippen LogP contribution in [0.4, 0.5) is 0 Å². The Labute approximate surface area is 206 Å². The van der Waals surface area contributed by atoms with E-state index in [-0.39, 0.29) is 0 Å². The van der Waals surface area contributed by atoms with Gasteiger partial charge in [-0.15, -0.1) is 0 Å². The van der Waals surface area contributed by atoms with Crippen molar-refractivity contribution in [1.29, 1.82) is 0 Å². The van der Waals surface area contributed by atoms with Crippen LogP contribution in [0.15, 0.2) is 121 Å². The number of hydrogen-bond donors (Lipinski definition) is 2. The van der Waals surface area contributed by atoms with Crippen LogP contribution in [-0.4, -0.2) is 12.1 Å². The first kappa shape index (κ1) is 23.4. The zero-order valence-electron chi connectivity index (χ0n) is 19.4. The molecule has 0 unspecified atom stereocenters. The van der Waals surface area contributed by atoms with Crippen molar-refractivity contribution < 1.29 is 0 Å². The van der Waals surface area contributed by atoms with Gasteiger partial charge in [0.15, 0.2) is 0 Å². The molecule has 0 heterocycles. The maximum atomic E-state index is 4.16. The first-order valence-electron chi connectivity index (χ1n) is 12.2. The van der Waals surface area contributed by atoms with Crippen LogP contribution in [0.1, 0.15) is 25.7 Å². The molecule has 0 amide bonds. The lowest BCUT2D eigenvalue weighted by Gasteiger charge is -2.38. The van der Waals surface area contributed by atoms with E-state index in [0.29, 0.717) is 12.1 Å². The highest BCUT2D eigenvalue weighted by Gasteiger charge is 2.30. The first-order chi connectivity index (χ1) is 16.9. The molecule has 2 nitrogen and oxygen atoms in total. The molecule has 1 aliphatic rings. The normalized spacial score (nSPS) is 18.3. The highest BCUT2D eigenvalue weighted by atomic mass is 31.1. The highest BCUT2D eigenvalue weighted by Crippen LogP contribution is 2.36. The third-order valence-corrected chi connectivity index (χ3v) is 10.9. The lowest BCUT2D eigenvalue weighted by molar-refractivity contribution is 0.351. The maximum absolute atomic E-state index is 4.16. The van der Waals surface area contributed by atoms with E-state index in [1.807, 2.05) is 0 Å². The SMILES string of the molecule is c1ccc(P(N[C@H]2CCCC[C@H]2NP(c2ccccc2)c2ccccc2)c2ccccc2)cc1. The fraction of sp³-hybridized carbons (Fsp3) is 0.200. The van der Waals surface area contributed by atoms with E-state index >= 15 is 0 Å². The topological polar surface area (TPSA) is 24.1 Å². The fourth-order valence-corrected chi connectivity index (χ4v) is 9.03. The summed E-state index contributed by atoms with van der Waals surface area (Å²) in [5.74, 6) is 0. The Hall–Kier alpha value is -2.34. The molecule has 0 radical (unpaired) electrons. The van der Waals surface area contributed by atoms with Gasteiger partial charge in [0.2, 0.25) is 0 Å². The van der Waals surface area contributed by atoms with Gasteiger partial charge >= 0.3 is 0 Å². The third kappa shape index (κ3) is 5.83. The van der Waals surface area contributed by atoms with Crippen molar-refractivity contribution in [1.82, 2.24) is 10.2 Å². The smallest absolute Gasteiger partial charge is 0.0266 e. The molecule has 0 bridgehead atoms. The quantitative estimate of drug-likeness (QED) is 0.321. The van der Waals surface area contributed by atoms with Gasteiger partial charge in [0.1, 0.15) is 0 Å². The standard InChI is InChI=1S/C30H32N2P2/c1-5-15-25(16-6-1)33(26-17-7-2-8-18-26)31-29-23-13-14-24-30(29)32-34(27-19-9-3-10-20-27)28-21-11-4-12-22-28/h1-12,15-22,29-32H,13-14,23-24H2/t29-,30+. The Kier molecular flexibility index (Phi) is 8.17. The van der Waals surface area contributed by atoms with Crippen LogP contribution >= 0.6 is 16.1 Å². The Balaban J connectivity index is 1.43. The van der Waals surface area contributed by atoms with E-state index < -0.39 is 16.1 Å². The molecule has 0 spiro atoms. The molecular weight excluding hydrogens is 450 g/mol. The summed E-state index contributed by atoms with van der Waals surface area (Å²) in [6.07, 6.45) is 5.00. The molecule has 4 heteroatoms. The third-order valence-electron chi connectivity index (χ3n) is 6.41. The molecule has 4 aromatic carbocycles. The van der Waals surface area contributed by atoms with Crippen molar-refractivity contribution in [3.63, 3.8) is 0 Å². The second kappa shape index (κ2) is 11.9. The van der Waals surface area contributed by atoms with E-state index in [4.69, 9.17) is 0 Å². The Bertz CT molecular complexity index is 952. The lowest BCUT2D eigenvalue weighted by Crippen LogP contribution is -2.49. The lowest BCUT2D eigenvalue weighted by atomic mass is 9.92. The van der Waals surface area contributed by atoms with Crippen molar-refractivity contribution in [2.75, 3.05) is 0 Å². The predicted molar refractivity (Wildman–Crippen MR) is 150 cm³/mol. The summed E-state index contributed by atoms with van der Waals surface area (Å²) in [6.45, 7) is 0. The summed E-state index contributed by atoms with van der Waals surface area (Å²) < 4.78 is 0. The Morgan fingerprint density at radius 1 is 0.412 bits per heavy atom. The minimum Gasteiger partial charge on any atom is -0.284 e. The van der Waals surface area contributed by atoms with Crippen LogP contribution in [0.25, 0.3) is 0 Å². The summed E-state index contributed by atoms with van der Waals surface area (Å²) in [4.78, 5) is 0. The van der Waals surface area contributed by atoms with Crippen LogP contribution in [-0.2, 0) is 0 Å². The molecule has 4 aromatic rings. The maximum Gasteiger partial charge on any atom is 0.0266 e. The molecular formula is C30H32N2P2. The van der Waals surface area contributed by atoms with Gasteiger partial charge in [0.25, 0.3) is 0 Å². The summed E-state index contributed by atoms with van der Waals surface area (Å²) in [7, 11) is -1.23. The van der Waals surface area contributed by atoms with Crippen molar-refractivity contribution in [3.05, 3.63) is 121 Å². The van der Waals surface area contributed by atoms with Crippen molar-refractivity contribution in [3.8, 4) is 0 Å². The van der Waals surface area contributed by atoms with E-state index in [1.165, 1.54) is 46.9 Å². The van der Waals surface area contributed by atoms with E-state index in [1.54, 1.807) is 0 Å². The van der Waals surface area contributed by atoms with Crippen LogP contribution in [0.5, 0.6) is 0 Å². The second-order valence-electron chi connectivity index (χ2n) is 8.77. The summed E-state index contributed by atoms with van der Waals surface area (Å²) in [5, 5.41) is 13.9. The molecule has 1 aliphatic carbocycles. The van der Waals surface area contributed by atoms with Gasteiger partial charge in [-0.3, -0.25) is 10.2 Å². The molecule has 0 aliphatic heterocycles. The number of rotatable bonds is 8. The monoisotopic (exact) mass is 482 g/mol. The van der Waals surface area contributed by atoms with E-state index in [2.05, 4.69) is 132 Å². The molecule has 1 fully saturated rings. The molecule has 2 N–H and O–H groups in total. The van der Waals surface area contributed by atoms with Crippen LogP contribution in [0.3, 0.4) is 0 Å². The summed E-state index contributed by atoms with van der Waals surface area (Å²) in [6, 6.07) is 44.8. The van der Waals surface area contributed by atoms with Crippen LogP contribution < -0.4 is 31.4 Å². The molecule has 1 saturated carbocycles. The van der Waals surface area contributed by atoms with Crippen LogP contribution in [0.2, 0.25) is 0 Å². The summed E-state index contributed by atoms with van der Waals surface area (Å²) >= 11 is 0. The average molecular weight is 483 g/mol. The van der Waals surface area contributed by atoms with Gasteiger partial charge in [-0.2, -0.15) is 0 Å². The summed E-state index contributed by atoms with van der Waals surface area (Å²) in [5.41, 5.74) is 0. The number of hydrogen-bond acceptors (Lipinski definition) is 2. The fourth-order valence-electron chi connectivity index (χ4n) is 4.68. The van der Waals surface area contributed by atoms with E-state index in [9.17, 15) is 0 Å². The second-order valence-corrected chi connectivity index (χ2v) is 12.7. The van der Waals surface area contributed by atoms with Crippen molar-refractivity contribution >= 4 is 37.4 Å². The number of nitrogens with one attached hydrogen (secondary N) is 2. The van der Waals surface area contributed by atoms with E-state index in [0.717, 1.165) is 0 Å². The van der Waals surface area contributed by atoms with Crippen LogP contribution in [0, 0.1) is 0 Å². The van der Waals surface area contributed by atoms with Crippen molar-refractivity contribution in [2.45, 2.75) is 37.8 Å². The Morgan fingerprint density at radius 2 is 0.676 bits per heavy atom. The van der Waals surface area contributed by atoms with Gasteiger partial charge in [0.05, 0.1) is 0 Å². The molecule has 34 heavy (non-hydrogen) atoms. The molecule has 0 saturated heterocycles.